The molecule has 6 heteroatoms. The predicted octanol–water partition coefficient (Wildman–Crippen LogP) is 3.05. The van der Waals surface area contributed by atoms with Crippen LogP contribution in [-0.2, 0) is 12.8 Å². The fourth-order valence-electron chi connectivity index (χ4n) is 2.21. The standard InChI is InChI=1S/C17H19N5O/c1-3-15-21-17(23-22-15)14-6-4-13(5-7-14)8-9-19-16-11-18-10-12(2)20-16/h4-7,10-11H,3,8-9H2,1-2H3,(H,19,20). The van der Waals surface area contributed by atoms with Gasteiger partial charge in [0.25, 0.3) is 5.89 Å². The summed E-state index contributed by atoms with van der Waals surface area (Å²) in [5, 5.41) is 7.19. The van der Waals surface area contributed by atoms with Crippen LogP contribution in [0.1, 0.15) is 24.0 Å². The first kappa shape index (κ1) is 15.1. The average Bonchev–Trinajstić information content (AvgIpc) is 3.05. The van der Waals surface area contributed by atoms with Gasteiger partial charge in [0, 0.05) is 24.7 Å². The van der Waals surface area contributed by atoms with E-state index in [-0.39, 0.29) is 0 Å². The van der Waals surface area contributed by atoms with E-state index >= 15 is 0 Å². The summed E-state index contributed by atoms with van der Waals surface area (Å²) in [7, 11) is 0. The number of hydrogen-bond donors (Lipinski definition) is 1. The second kappa shape index (κ2) is 7.00. The molecule has 0 spiro atoms. The Morgan fingerprint density at radius 2 is 1.91 bits per heavy atom. The largest absolute Gasteiger partial charge is 0.368 e. The Labute approximate surface area is 135 Å². The Balaban J connectivity index is 1.57. The van der Waals surface area contributed by atoms with Gasteiger partial charge in [0.2, 0.25) is 0 Å². The first-order chi connectivity index (χ1) is 11.2. The Kier molecular flexibility index (Phi) is 4.61. The lowest BCUT2D eigenvalue weighted by Gasteiger charge is -2.06. The number of aromatic nitrogens is 4. The number of benzene rings is 1. The molecule has 118 valence electrons. The van der Waals surface area contributed by atoms with Gasteiger partial charge in [-0.25, -0.2) is 4.98 Å². The predicted molar refractivity (Wildman–Crippen MR) is 88.1 cm³/mol. The highest BCUT2D eigenvalue weighted by Crippen LogP contribution is 2.18. The Morgan fingerprint density at radius 1 is 1.09 bits per heavy atom. The number of nitrogens with zero attached hydrogens (tertiary/aromatic N) is 4. The molecule has 0 aliphatic carbocycles. The SMILES string of the molecule is CCc1noc(-c2ccc(CCNc3cncc(C)n3)cc2)n1. The van der Waals surface area contributed by atoms with Crippen LogP contribution >= 0.6 is 0 Å². The smallest absolute Gasteiger partial charge is 0.257 e. The van der Waals surface area contributed by atoms with Crippen molar-refractivity contribution >= 4 is 5.82 Å². The minimum Gasteiger partial charge on any atom is -0.368 e. The molecule has 0 radical (unpaired) electrons. The van der Waals surface area contributed by atoms with Gasteiger partial charge in [-0.05, 0) is 31.0 Å². The van der Waals surface area contributed by atoms with Crippen molar-refractivity contribution in [3.8, 4) is 11.5 Å². The minimum atomic E-state index is 0.571. The third kappa shape index (κ3) is 3.91. The van der Waals surface area contributed by atoms with E-state index in [1.807, 2.05) is 26.0 Å². The van der Waals surface area contributed by atoms with Gasteiger partial charge < -0.3 is 9.84 Å². The van der Waals surface area contributed by atoms with Crippen LogP contribution in [0.25, 0.3) is 11.5 Å². The Morgan fingerprint density at radius 3 is 2.61 bits per heavy atom. The van der Waals surface area contributed by atoms with Crippen LogP contribution in [0.2, 0.25) is 0 Å². The lowest BCUT2D eigenvalue weighted by atomic mass is 10.1. The topological polar surface area (TPSA) is 76.7 Å². The zero-order chi connectivity index (χ0) is 16.1. The van der Waals surface area contributed by atoms with Crippen LogP contribution in [0.3, 0.4) is 0 Å². The van der Waals surface area contributed by atoms with E-state index in [4.69, 9.17) is 4.52 Å². The summed E-state index contributed by atoms with van der Waals surface area (Å²) in [6.45, 7) is 4.74. The molecule has 0 fully saturated rings. The second-order valence-corrected chi connectivity index (χ2v) is 5.29. The van der Waals surface area contributed by atoms with Gasteiger partial charge in [0.05, 0.1) is 11.9 Å². The molecule has 3 aromatic rings. The highest BCUT2D eigenvalue weighted by Gasteiger charge is 2.07. The zero-order valence-electron chi connectivity index (χ0n) is 13.3. The Hall–Kier alpha value is -2.76. The molecule has 0 aliphatic heterocycles. The molecule has 3 rings (SSSR count). The molecule has 0 saturated carbocycles. The number of nitrogens with one attached hydrogen (secondary N) is 1. The van der Waals surface area contributed by atoms with Crippen molar-refractivity contribution in [3.63, 3.8) is 0 Å². The maximum atomic E-state index is 5.24. The van der Waals surface area contributed by atoms with Gasteiger partial charge in [-0.2, -0.15) is 4.98 Å². The summed E-state index contributed by atoms with van der Waals surface area (Å²) in [6.07, 6.45) is 5.15. The van der Waals surface area contributed by atoms with Crippen LogP contribution in [0.4, 0.5) is 5.82 Å². The van der Waals surface area contributed by atoms with Gasteiger partial charge in [-0.3, -0.25) is 4.98 Å². The van der Waals surface area contributed by atoms with Crippen LogP contribution in [0, 0.1) is 6.92 Å². The van der Waals surface area contributed by atoms with E-state index in [1.165, 1.54) is 5.56 Å². The molecular weight excluding hydrogens is 290 g/mol. The minimum absolute atomic E-state index is 0.571. The monoisotopic (exact) mass is 309 g/mol. The number of hydrogen-bond acceptors (Lipinski definition) is 6. The normalized spacial score (nSPS) is 10.7. The third-order valence-electron chi connectivity index (χ3n) is 3.46. The second-order valence-electron chi connectivity index (χ2n) is 5.29. The molecule has 0 atom stereocenters. The van der Waals surface area contributed by atoms with E-state index in [9.17, 15) is 0 Å². The van der Waals surface area contributed by atoms with Gasteiger partial charge in [0.15, 0.2) is 5.82 Å². The molecule has 0 bridgehead atoms. The molecule has 0 unspecified atom stereocenters. The highest BCUT2D eigenvalue weighted by molar-refractivity contribution is 5.53. The first-order valence-electron chi connectivity index (χ1n) is 7.69. The summed E-state index contributed by atoms with van der Waals surface area (Å²) in [5.41, 5.74) is 3.08. The summed E-state index contributed by atoms with van der Waals surface area (Å²) in [5.74, 6) is 2.11. The summed E-state index contributed by atoms with van der Waals surface area (Å²) >= 11 is 0. The molecule has 1 aromatic carbocycles. The van der Waals surface area contributed by atoms with Crippen molar-refractivity contribution < 1.29 is 4.52 Å². The average molecular weight is 309 g/mol. The van der Waals surface area contributed by atoms with Crippen molar-refractivity contribution in [2.24, 2.45) is 0 Å². The van der Waals surface area contributed by atoms with Crippen molar-refractivity contribution in [1.82, 2.24) is 20.1 Å². The van der Waals surface area contributed by atoms with Gasteiger partial charge in [-0.1, -0.05) is 24.2 Å². The van der Waals surface area contributed by atoms with E-state index in [2.05, 4.69) is 37.6 Å². The lowest BCUT2D eigenvalue weighted by Crippen LogP contribution is -2.07. The number of rotatable bonds is 6. The van der Waals surface area contributed by atoms with Crippen LogP contribution in [0.15, 0.2) is 41.2 Å². The van der Waals surface area contributed by atoms with Crippen molar-refractivity contribution in [2.45, 2.75) is 26.7 Å². The quantitative estimate of drug-likeness (QED) is 0.754. The van der Waals surface area contributed by atoms with Gasteiger partial charge in [-0.15, -0.1) is 0 Å². The molecule has 0 amide bonds. The van der Waals surface area contributed by atoms with Crippen LogP contribution < -0.4 is 5.32 Å². The molecule has 6 nitrogen and oxygen atoms in total. The van der Waals surface area contributed by atoms with Crippen LogP contribution in [0.5, 0.6) is 0 Å². The summed E-state index contributed by atoms with van der Waals surface area (Å²) < 4.78 is 5.24. The van der Waals surface area contributed by atoms with Crippen molar-refractivity contribution in [3.05, 3.63) is 53.7 Å². The van der Waals surface area contributed by atoms with Gasteiger partial charge >= 0.3 is 0 Å². The molecular formula is C17H19N5O. The molecule has 0 saturated heterocycles. The van der Waals surface area contributed by atoms with Crippen molar-refractivity contribution in [2.75, 3.05) is 11.9 Å². The third-order valence-corrected chi connectivity index (χ3v) is 3.46. The highest BCUT2D eigenvalue weighted by atomic mass is 16.5. The molecule has 2 aromatic heterocycles. The molecule has 23 heavy (non-hydrogen) atoms. The summed E-state index contributed by atoms with van der Waals surface area (Å²) in [4.78, 5) is 12.8. The van der Waals surface area contributed by atoms with E-state index in [1.54, 1.807) is 12.4 Å². The lowest BCUT2D eigenvalue weighted by molar-refractivity contribution is 0.423. The maximum absolute atomic E-state index is 5.24. The van der Waals surface area contributed by atoms with E-state index in [0.717, 1.165) is 42.3 Å². The van der Waals surface area contributed by atoms with Crippen LogP contribution in [-0.4, -0.2) is 26.7 Å². The summed E-state index contributed by atoms with van der Waals surface area (Å²) in [6, 6.07) is 8.17. The molecule has 1 N–H and O–H groups in total. The van der Waals surface area contributed by atoms with Crippen molar-refractivity contribution in [1.29, 1.82) is 0 Å². The number of aryl methyl sites for hydroxylation is 2. The number of anilines is 1. The molecule has 0 aliphatic rings. The van der Waals surface area contributed by atoms with E-state index < -0.39 is 0 Å². The first-order valence-corrected chi connectivity index (χ1v) is 7.69. The Bertz CT molecular complexity index is 767. The fourth-order valence-corrected chi connectivity index (χ4v) is 2.21. The van der Waals surface area contributed by atoms with E-state index in [0.29, 0.717) is 5.89 Å². The molecule has 2 heterocycles. The zero-order valence-corrected chi connectivity index (χ0v) is 13.3. The van der Waals surface area contributed by atoms with Gasteiger partial charge in [0.1, 0.15) is 5.82 Å². The maximum Gasteiger partial charge on any atom is 0.257 e. The fraction of sp³-hybridized carbons (Fsp3) is 0.294.